The predicted molar refractivity (Wildman–Crippen MR) is 119 cm³/mol. The Morgan fingerprint density at radius 1 is 0.900 bits per heavy atom. The number of carbonyl (C=O) groups is 2. The van der Waals surface area contributed by atoms with Crippen LogP contribution >= 0.6 is 0 Å². The maximum Gasteiger partial charge on any atom is 0.241 e. The van der Waals surface area contributed by atoms with Crippen LogP contribution < -0.4 is 20.3 Å². The third-order valence-electron chi connectivity index (χ3n) is 4.65. The average molecular weight is 431 g/mol. The van der Waals surface area contributed by atoms with E-state index in [1.807, 2.05) is 12.1 Å². The van der Waals surface area contributed by atoms with E-state index in [9.17, 15) is 18.0 Å². The molecule has 0 unspecified atom stereocenters. The lowest BCUT2D eigenvalue weighted by atomic mass is 10.1. The SMILES string of the molecule is CC(=O)Nc1cccc(NC(=O)CS(=O)(=O)Nc2ccc(N3CCCCC3)cc2)c1. The lowest BCUT2D eigenvalue weighted by Crippen LogP contribution is -2.29. The van der Waals surface area contributed by atoms with Gasteiger partial charge in [0.25, 0.3) is 0 Å². The Bertz CT molecular complexity index is 1000. The van der Waals surface area contributed by atoms with Crippen molar-refractivity contribution in [1.82, 2.24) is 0 Å². The third kappa shape index (κ3) is 6.48. The fraction of sp³-hybridized carbons (Fsp3) is 0.333. The van der Waals surface area contributed by atoms with Gasteiger partial charge in [-0.3, -0.25) is 14.3 Å². The predicted octanol–water partition coefficient (Wildman–Crippen LogP) is 3.02. The minimum atomic E-state index is -3.87. The van der Waals surface area contributed by atoms with Crippen molar-refractivity contribution in [1.29, 1.82) is 0 Å². The summed E-state index contributed by atoms with van der Waals surface area (Å²) in [5.74, 6) is -1.63. The molecule has 1 aliphatic heterocycles. The molecule has 1 heterocycles. The highest BCUT2D eigenvalue weighted by Crippen LogP contribution is 2.22. The van der Waals surface area contributed by atoms with E-state index in [2.05, 4.69) is 20.3 Å². The second-order valence-corrected chi connectivity index (χ2v) is 8.99. The van der Waals surface area contributed by atoms with E-state index in [1.54, 1.807) is 36.4 Å². The Hall–Kier alpha value is -3.07. The summed E-state index contributed by atoms with van der Waals surface area (Å²) in [7, 11) is -3.87. The topological polar surface area (TPSA) is 108 Å². The molecule has 0 aromatic heterocycles. The summed E-state index contributed by atoms with van der Waals surface area (Å²) in [5, 5.41) is 5.14. The molecule has 0 atom stereocenters. The average Bonchev–Trinajstić information content (AvgIpc) is 2.68. The standard InChI is InChI=1S/C21H26N4O4S/c1-16(26)22-18-6-5-7-19(14-18)23-21(27)15-30(28,29)24-17-8-10-20(11-9-17)25-12-3-2-4-13-25/h5-11,14,24H,2-4,12-13,15H2,1H3,(H,22,26)(H,23,27). The third-order valence-corrected chi connectivity index (χ3v) is 5.84. The number of carbonyl (C=O) groups excluding carboxylic acids is 2. The number of rotatable bonds is 7. The van der Waals surface area contributed by atoms with Gasteiger partial charge in [-0.25, -0.2) is 8.42 Å². The Morgan fingerprint density at radius 2 is 1.53 bits per heavy atom. The van der Waals surface area contributed by atoms with Crippen molar-refractivity contribution in [2.75, 3.05) is 39.1 Å². The zero-order valence-electron chi connectivity index (χ0n) is 16.8. The maximum atomic E-state index is 12.4. The van der Waals surface area contributed by atoms with Crippen molar-refractivity contribution >= 4 is 44.6 Å². The molecule has 30 heavy (non-hydrogen) atoms. The summed E-state index contributed by atoms with van der Waals surface area (Å²) in [6.07, 6.45) is 3.57. The van der Waals surface area contributed by atoms with Crippen molar-refractivity contribution in [3.05, 3.63) is 48.5 Å². The summed E-state index contributed by atoms with van der Waals surface area (Å²) in [6, 6.07) is 13.7. The van der Waals surface area contributed by atoms with Gasteiger partial charge in [0.2, 0.25) is 21.8 Å². The van der Waals surface area contributed by atoms with Crippen LogP contribution in [0.1, 0.15) is 26.2 Å². The van der Waals surface area contributed by atoms with Crippen LogP contribution in [-0.4, -0.2) is 39.1 Å². The van der Waals surface area contributed by atoms with Crippen LogP contribution in [0.2, 0.25) is 0 Å². The van der Waals surface area contributed by atoms with Crippen molar-refractivity contribution in [2.24, 2.45) is 0 Å². The number of hydrogen-bond donors (Lipinski definition) is 3. The number of hydrogen-bond acceptors (Lipinski definition) is 5. The van der Waals surface area contributed by atoms with E-state index in [-0.39, 0.29) is 5.91 Å². The summed E-state index contributed by atoms with van der Waals surface area (Å²) in [5.41, 5.74) is 2.38. The molecule has 0 aliphatic carbocycles. The normalized spacial score (nSPS) is 14.1. The molecule has 0 radical (unpaired) electrons. The number of anilines is 4. The van der Waals surface area contributed by atoms with Crippen LogP contribution in [0.4, 0.5) is 22.7 Å². The Labute approximate surface area is 176 Å². The van der Waals surface area contributed by atoms with Crippen molar-refractivity contribution in [2.45, 2.75) is 26.2 Å². The molecule has 2 aromatic rings. The molecule has 160 valence electrons. The summed E-state index contributed by atoms with van der Waals surface area (Å²) in [6.45, 7) is 3.39. The van der Waals surface area contributed by atoms with E-state index >= 15 is 0 Å². The first-order valence-electron chi connectivity index (χ1n) is 9.84. The van der Waals surface area contributed by atoms with Gasteiger partial charge in [-0.1, -0.05) is 6.07 Å². The zero-order valence-corrected chi connectivity index (χ0v) is 17.7. The lowest BCUT2D eigenvalue weighted by molar-refractivity contribution is -0.114. The molecule has 1 aliphatic rings. The fourth-order valence-electron chi connectivity index (χ4n) is 3.36. The molecule has 8 nitrogen and oxygen atoms in total. The Kier molecular flexibility index (Phi) is 6.94. The highest BCUT2D eigenvalue weighted by molar-refractivity contribution is 7.93. The van der Waals surface area contributed by atoms with Crippen LogP contribution in [-0.2, 0) is 19.6 Å². The summed E-state index contributed by atoms with van der Waals surface area (Å²) < 4.78 is 27.2. The fourth-order valence-corrected chi connectivity index (χ4v) is 4.34. The van der Waals surface area contributed by atoms with Crippen LogP contribution in [0.5, 0.6) is 0 Å². The molecule has 1 saturated heterocycles. The number of benzene rings is 2. The van der Waals surface area contributed by atoms with Gasteiger partial charge in [-0.05, 0) is 61.7 Å². The highest BCUT2D eigenvalue weighted by atomic mass is 32.2. The molecule has 0 bridgehead atoms. The summed E-state index contributed by atoms with van der Waals surface area (Å²) >= 11 is 0. The van der Waals surface area contributed by atoms with Crippen molar-refractivity contribution in [3.63, 3.8) is 0 Å². The van der Waals surface area contributed by atoms with Gasteiger partial charge in [0.05, 0.1) is 0 Å². The smallest absolute Gasteiger partial charge is 0.241 e. The number of sulfonamides is 1. The second-order valence-electron chi connectivity index (χ2n) is 7.27. The van der Waals surface area contributed by atoms with Crippen LogP contribution in [0, 0.1) is 0 Å². The van der Waals surface area contributed by atoms with Crippen molar-refractivity contribution in [3.8, 4) is 0 Å². The molecule has 1 fully saturated rings. The summed E-state index contributed by atoms with van der Waals surface area (Å²) in [4.78, 5) is 25.6. The minimum absolute atomic E-state index is 0.239. The van der Waals surface area contributed by atoms with Gasteiger partial charge in [0, 0.05) is 42.8 Å². The molecule has 0 saturated carbocycles. The Balaban J connectivity index is 1.56. The van der Waals surface area contributed by atoms with E-state index < -0.39 is 21.7 Å². The number of piperidine rings is 1. The molecular formula is C21H26N4O4S. The van der Waals surface area contributed by atoms with E-state index in [1.165, 1.54) is 13.3 Å². The van der Waals surface area contributed by atoms with Gasteiger partial charge in [0.15, 0.2) is 0 Å². The number of nitrogens with zero attached hydrogens (tertiary/aromatic N) is 1. The van der Waals surface area contributed by atoms with Gasteiger partial charge in [-0.15, -0.1) is 0 Å². The zero-order chi connectivity index (χ0) is 21.6. The van der Waals surface area contributed by atoms with Crippen LogP contribution in [0.3, 0.4) is 0 Å². The molecule has 9 heteroatoms. The van der Waals surface area contributed by atoms with Crippen molar-refractivity contribution < 1.29 is 18.0 Å². The molecule has 3 rings (SSSR count). The second kappa shape index (κ2) is 9.62. The van der Waals surface area contributed by atoms with Gasteiger partial charge < -0.3 is 15.5 Å². The highest BCUT2D eigenvalue weighted by Gasteiger charge is 2.17. The quantitative estimate of drug-likeness (QED) is 0.626. The largest absolute Gasteiger partial charge is 0.372 e. The number of nitrogens with one attached hydrogen (secondary N) is 3. The first kappa shape index (κ1) is 21.6. The molecule has 0 spiro atoms. The monoisotopic (exact) mass is 430 g/mol. The molecular weight excluding hydrogens is 404 g/mol. The van der Waals surface area contributed by atoms with Crippen LogP contribution in [0.25, 0.3) is 0 Å². The number of amides is 2. The van der Waals surface area contributed by atoms with Crippen LogP contribution in [0.15, 0.2) is 48.5 Å². The molecule has 2 amide bonds. The lowest BCUT2D eigenvalue weighted by Gasteiger charge is -2.28. The van der Waals surface area contributed by atoms with E-state index in [0.29, 0.717) is 17.1 Å². The Morgan fingerprint density at radius 3 is 2.17 bits per heavy atom. The first-order valence-corrected chi connectivity index (χ1v) is 11.5. The first-order chi connectivity index (χ1) is 14.3. The van der Waals surface area contributed by atoms with Gasteiger partial charge >= 0.3 is 0 Å². The van der Waals surface area contributed by atoms with Gasteiger partial charge in [0.1, 0.15) is 5.75 Å². The van der Waals surface area contributed by atoms with E-state index in [4.69, 9.17) is 0 Å². The molecule has 2 aromatic carbocycles. The minimum Gasteiger partial charge on any atom is -0.372 e. The molecule has 3 N–H and O–H groups in total. The van der Waals surface area contributed by atoms with Gasteiger partial charge in [-0.2, -0.15) is 0 Å². The van der Waals surface area contributed by atoms with E-state index in [0.717, 1.165) is 31.6 Å². The maximum absolute atomic E-state index is 12.4.